The Balaban J connectivity index is 1.57. The zero-order chi connectivity index (χ0) is 19.8. The minimum absolute atomic E-state index is 0.163. The summed E-state index contributed by atoms with van der Waals surface area (Å²) in [6.07, 6.45) is 1.66. The van der Waals surface area contributed by atoms with E-state index in [-0.39, 0.29) is 11.5 Å². The third kappa shape index (κ3) is 3.22. The number of para-hydroxylation sites is 1. The van der Waals surface area contributed by atoms with Crippen LogP contribution in [-0.2, 0) is 0 Å². The molecule has 0 amide bonds. The molecule has 0 aliphatic heterocycles. The van der Waals surface area contributed by atoms with E-state index in [0.717, 1.165) is 26.0 Å². The molecule has 0 bridgehead atoms. The van der Waals surface area contributed by atoms with E-state index in [0.29, 0.717) is 16.8 Å². The third-order valence-electron chi connectivity index (χ3n) is 4.79. The van der Waals surface area contributed by atoms with Gasteiger partial charge in [0.1, 0.15) is 16.5 Å². The maximum atomic E-state index is 10.4. The van der Waals surface area contributed by atoms with Crippen LogP contribution in [0.25, 0.3) is 31.6 Å². The van der Waals surface area contributed by atoms with Crippen molar-refractivity contribution in [3.63, 3.8) is 0 Å². The standard InChI is InChI=1S/C24H16N2O2S/c27-21-12-10-16(13-18(21)24-26-20-7-3-4-8-23(20)29-24)25-14-19-17-6-2-1-5-15(17)9-11-22(19)28/h1-14,27-28H. The van der Waals surface area contributed by atoms with Gasteiger partial charge in [-0.3, -0.25) is 4.99 Å². The first-order chi connectivity index (χ1) is 14.2. The summed E-state index contributed by atoms with van der Waals surface area (Å²) >= 11 is 1.53. The van der Waals surface area contributed by atoms with Crippen LogP contribution in [0, 0.1) is 0 Å². The lowest BCUT2D eigenvalue weighted by Gasteiger charge is -2.05. The summed E-state index contributed by atoms with van der Waals surface area (Å²) in [5.74, 6) is 0.341. The van der Waals surface area contributed by atoms with Crippen molar-refractivity contribution < 1.29 is 10.2 Å². The summed E-state index contributed by atoms with van der Waals surface area (Å²) in [5, 5.41) is 23.4. The fraction of sp³-hybridized carbons (Fsp3) is 0. The Kier molecular flexibility index (Phi) is 4.22. The average molecular weight is 396 g/mol. The highest BCUT2D eigenvalue weighted by molar-refractivity contribution is 7.21. The van der Waals surface area contributed by atoms with Gasteiger partial charge in [-0.2, -0.15) is 0 Å². The molecule has 1 heterocycles. The van der Waals surface area contributed by atoms with Gasteiger partial charge in [-0.15, -0.1) is 11.3 Å². The molecule has 0 atom stereocenters. The summed E-state index contributed by atoms with van der Waals surface area (Å²) in [5.41, 5.74) is 2.88. The minimum atomic E-state index is 0.163. The maximum absolute atomic E-state index is 10.4. The number of rotatable bonds is 3. The summed E-state index contributed by atoms with van der Waals surface area (Å²) in [6.45, 7) is 0. The van der Waals surface area contributed by atoms with E-state index in [4.69, 9.17) is 0 Å². The molecule has 0 saturated heterocycles. The van der Waals surface area contributed by atoms with Gasteiger partial charge in [-0.1, -0.05) is 42.5 Å². The molecule has 5 heteroatoms. The SMILES string of the molecule is Oc1ccc(N=Cc2c(O)ccc3ccccc23)cc1-c1nc2ccccc2s1. The number of thiazole rings is 1. The molecule has 29 heavy (non-hydrogen) atoms. The van der Waals surface area contributed by atoms with Crippen LogP contribution in [-0.4, -0.2) is 21.4 Å². The van der Waals surface area contributed by atoms with E-state index in [1.807, 2.05) is 60.7 Å². The predicted octanol–water partition coefficient (Wildman–Crippen LogP) is 6.28. The van der Waals surface area contributed by atoms with Crippen molar-refractivity contribution in [1.82, 2.24) is 4.98 Å². The van der Waals surface area contributed by atoms with E-state index >= 15 is 0 Å². The van der Waals surface area contributed by atoms with Crippen molar-refractivity contribution in [2.45, 2.75) is 0 Å². The van der Waals surface area contributed by atoms with Crippen LogP contribution in [0.3, 0.4) is 0 Å². The second-order valence-corrected chi connectivity index (χ2v) is 7.70. The maximum Gasteiger partial charge on any atom is 0.128 e. The molecule has 4 aromatic carbocycles. The van der Waals surface area contributed by atoms with Gasteiger partial charge in [-0.25, -0.2) is 4.98 Å². The molecule has 2 N–H and O–H groups in total. The Bertz CT molecular complexity index is 1360. The quantitative estimate of drug-likeness (QED) is 0.353. The minimum Gasteiger partial charge on any atom is -0.507 e. The zero-order valence-corrected chi connectivity index (χ0v) is 16.1. The van der Waals surface area contributed by atoms with Crippen molar-refractivity contribution in [2.24, 2.45) is 4.99 Å². The number of phenols is 2. The Morgan fingerprint density at radius 3 is 2.52 bits per heavy atom. The number of fused-ring (bicyclic) bond motifs is 2. The van der Waals surface area contributed by atoms with Crippen LogP contribution in [0.4, 0.5) is 5.69 Å². The molecule has 0 aliphatic carbocycles. The normalized spacial score (nSPS) is 11.6. The van der Waals surface area contributed by atoms with Gasteiger partial charge in [0.25, 0.3) is 0 Å². The molecule has 0 aliphatic rings. The molecular formula is C24H16N2O2S. The number of aromatic hydroxyl groups is 2. The number of hydrogen-bond acceptors (Lipinski definition) is 5. The average Bonchev–Trinajstić information content (AvgIpc) is 3.18. The van der Waals surface area contributed by atoms with Gasteiger partial charge in [0.05, 0.1) is 21.5 Å². The van der Waals surface area contributed by atoms with Gasteiger partial charge in [-0.05, 0) is 47.2 Å². The molecule has 4 nitrogen and oxygen atoms in total. The van der Waals surface area contributed by atoms with E-state index in [1.54, 1.807) is 24.4 Å². The highest BCUT2D eigenvalue weighted by atomic mass is 32.1. The monoisotopic (exact) mass is 396 g/mol. The first-order valence-electron chi connectivity index (χ1n) is 9.13. The van der Waals surface area contributed by atoms with Crippen LogP contribution in [0.2, 0.25) is 0 Å². The first kappa shape index (κ1) is 17.4. The smallest absolute Gasteiger partial charge is 0.128 e. The van der Waals surface area contributed by atoms with Crippen LogP contribution < -0.4 is 0 Å². The summed E-state index contributed by atoms with van der Waals surface area (Å²) in [4.78, 5) is 9.17. The first-order valence-corrected chi connectivity index (χ1v) is 9.94. The van der Waals surface area contributed by atoms with Crippen molar-refractivity contribution in [1.29, 1.82) is 0 Å². The lowest BCUT2D eigenvalue weighted by atomic mass is 10.0. The molecule has 0 unspecified atom stereocenters. The fourth-order valence-electron chi connectivity index (χ4n) is 3.32. The summed E-state index contributed by atoms with van der Waals surface area (Å²) in [7, 11) is 0. The highest BCUT2D eigenvalue weighted by Gasteiger charge is 2.11. The van der Waals surface area contributed by atoms with Crippen molar-refractivity contribution >= 4 is 44.2 Å². The second kappa shape index (κ2) is 7.04. The lowest BCUT2D eigenvalue weighted by molar-refractivity contribution is 0.475. The number of aliphatic imine (C=N–C) groups is 1. The third-order valence-corrected chi connectivity index (χ3v) is 5.86. The van der Waals surface area contributed by atoms with E-state index in [2.05, 4.69) is 9.98 Å². The number of benzene rings is 4. The molecule has 1 aromatic heterocycles. The Morgan fingerprint density at radius 1 is 0.828 bits per heavy atom. The van der Waals surface area contributed by atoms with Gasteiger partial charge in [0.15, 0.2) is 0 Å². The number of aromatic nitrogens is 1. The van der Waals surface area contributed by atoms with Crippen LogP contribution in [0.15, 0.2) is 83.9 Å². The van der Waals surface area contributed by atoms with Crippen molar-refractivity contribution in [3.05, 3.63) is 84.4 Å². The van der Waals surface area contributed by atoms with Crippen LogP contribution in [0.5, 0.6) is 11.5 Å². The summed E-state index contributed by atoms with van der Waals surface area (Å²) in [6, 6.07) is 24.5. The predicted molar refractivity (Wildman–Crippen MR) is 120 cm³/mol. The summed E-state index contributed by atoms with van der Waals surface area (Å²) < 4.78 is 1.07. The van der Waals surface area contributed by atoms with Crippen LogP contribution >= 0.6 is 11.3 Å². The Labute approximate surface area is 171 Å². The molecule has 140 valence electrons. The van der Waals surface area contributed by atoms with Gasteiger partial charge < -0.3 is 10.2 Å². The van der Waals surface area contributed by atoms with Gasteiger partial charge in [0, 0.05) is 11.8 Å². The van der Waals surface area contributed by atoms with Crippen molar-refractivity contribution in [2.75, 3.05) is 0 Å². The molecule has 0 saturated carbocycles. The molecule has 0 fully saturated rings. The Hall–Kier alpha value is -3.70. The number of phenolic OH excluding ortho intramolecular Hbond substituents is 2. The van der Waals surface area contributed by atoms with Crippen LogP contribution in [0.1, 0.15) is 5.56 Å². The zero-order valence-electron chi connectivity index (χ0n) is 15.3. The van der Waals surface area contributed by atoms with E-state index < -0.39 is 0 Å². The number of nitrogens with zero attached hydrogens (tertiary/aromatic N) is 2. The van der Waals surface area contributed by atoms with E-state index in [9.17, 15) is 10.2 Å². The molecule has 5 rings (SSSR count). The van der Waals surface area contributed by atoms with Gasteiger partial charge in [0.2, 0.25) is 0 Å². The van der Waals surface area contributed by atoms with E-state index in [1.165, 1.54) is 11.3 Å². The highest BCUT2D eigenvalue weighted by Crippen LogP contribution is 2.37. The molecule has 0 radical (unpaired) electrons. The van der Waals surface area contributed by atoms with Gasteiger partial charge >= 0.3 is 0 Å². The fourth-order valence-corrected chi connectivity index (χ4v) is 4.31. The molecule has 5 aromatic rings. The molecule has 0 spiro atoms. The lowest BCUT2D eigenvalue weighted by Crippen LogP contribution is -1.86. The van der Waals surface area contributed by atoms with Crippen molar-refractivity contribution in [3.8, 4) is 22.1 Å². The molecular weight excluding hydrogens is 380 g/mol. The largest absolute Gasteiger partial charge is 0.507 e. The second-order valence-electron chi connectivity index (χ2n) is 6.67. The topological polar surface area (TPSA) is 65.7 Å². The number of hydrogen-bond donors (Lipinski definition) is 2. The Morgan fingerprint density at radius 2 is 1.62 bits per heavy atom.